The molecule has 1 aliphatic rings. The van der Waals surface area contributed by atoms with Gasteiger partial charge in [-0.25, -0.2) is 9.37 Å². The minimum Gasteiger partial charge on any atom is -0.391 e. The van der Waals surface area contributed by atoms with Crippen LogP contribution in [0.4, 0.5) is 4.39 Å². The number of aliphatic hydroxyl groups is 1. The number of fused-ring (bicyclic) bond motifs is 1. The van der Waals surface area contributed by atoms with E-state index >= 15 is 0 Å². The first kappa shape index (κ1) is 20.7. The van der Waals surface area contributed by atoms with Crippen LogP contribution >= 0.6 is 11.8 Å². The fraction of sp³-hybridized carbons (Fsp3) is 0.200. The van der Waals surface area contributed by atoms with Crippen LogP contribution in [0.2, 0.25) is 0 Å². The third-order valence-electron chi connectivity index (χ3n) is 5.70. The Bertz CT molecular complexity index is 1210. The Morgan fingerprint density at radius 1 is 1.09 bits per heavy atom. The zero-order valence-electron chi connectivity index (χ0n) is 17.3. The third-order valence-corrected chi connectivity index (χ3v) is 6.74. The molecule has 0 unspecified atom stereocenters. The van der Waals surface area contributed by atoms with E-state index in [-0.39, 0.29) is 24.3 Å². The maximum Gasteiger partial charge on any atom is 0.254 e. The molecule has 162 valence electrons. The van der Waals surface area contributed by atoms with Crippen LogP contribution in [0.3, 0.4) is 0 Å². The van der Waals surface area contributed by atoms with Gasteiger partial charge < -0.3 is 14.4 Å². The molecule has 1 aliphatic heterocycles. The maximum atomic E-state index is 13.3. The predicted molar refractivity (Wildman–Crippen MR) is 122 cm³/mol. The van der Waals surface area contributed by atoms with Gasteiger partial charge in [-0.05, 0) is 60.5 Å². The molecule has 7 heteroatoms. The van der Waals surface area contributed by atoms with Crippen LogP contribution in [0.25, 0.3) is 5.65 Å². The number of amides is 1. The Labute approximate surface area is 189 Å². The summed E-state index contributed by atoms with van der Waals surface area (Å²) < 4.78 is 15.3. The zero-order valence-corrected chi connectivity index (χ0v) is 18.1. The first-order valence-electron chi connectivity index (χ1n) is 10.5. The van der Waals surface area contributed by atoms with E-state index in [1.807, 2.05) is 59.3 Å². The molecule has 1 N–H and O–H groups in total. The molecule has 2 atom stereocenters. The second-order valence-corrected chi connectivity index (χ2v) is 8.97. The van der Waals surface area contributed by atoms with Crippen LogP contribution in [0.15, 0.2) is 84.0 Å². The second-order valence-electron chi connectivity index (χ2n) is 7.93. The predicted octanol–water partition coefficient (Wildman–Crippen LogP) is 4.71. The van der Waals surface area contributed by atoms with Crippen molar-refractivity contribution in [3.63, 3.8) is 0 Å². The highest BCUT2D eigenvalue weighted by molar-refractivity contribution is 7.98. The van der Waals surface area contributed by atoms with E-state index in [9.17, 15) is 14.3 Å². The smallest absolute Gasteiger partial charge is 0.254 e. The summed E-state index contributed by atoms with van der Waals surface area (Å²) in [7, 11) is 0. The summed E-state index contributed by atoms with van der Waals surface area (Å²) in [6.45, 7) is 0.269. The Morgan fingerprint density at radius 2 is 1.88 bits per heavy atom. The van der Waals surface area contributed by atoms with Gasteiger partial charge in [0.1, 0.15) is 11.5 Å². The molecular weight excluding hydrogens is 425 g/mol. The van der Waals surface area contributed by atoms with Gasteiger partial charge in [0.15, 0.2) is 0 Å². The number of carbonyl (C=O) groups excluding carboxylic acids is 1. The highest BCUT2D eigenvalue weighted by atomic mass is 32.2. The number of hydrogen-bond donors (Lipinski definition) is 1. The van der Waals surface area contributed by atoms with Crippen LogP contribution in [0.5, 0.6) is 0 Å². The number of halogens is 1. The van der Waals surface area contributed by atoms with E-state index in [0.717, 1.165) is 27.6 Å². The van der Waals surface area contributed by atoms with E-state index in [4.69, 9.17) is 0 Å². The average Bonchev–Trinajstić information content (AvgIpc) is 3.41. The van der Waals surface area contributed by atoms with Crippen LogP contribution in [-0.2, 0) is 5.75 Å². The molecule has 0 bridgehead atoms. The van der Waals surface area contributed by atoms with Crippen LogP contribution in [-0.4, -0.2) is 37.9 Å². The Balaban J connectivity index is 1.27. The summed E-state index contributed by atoms with van der Waals surface area (Å²) in [5.41, 5.74) is 3.32. The fourth-order valence-corrected chi connectivity index (χ4v) is 4.89. The largest absolute Gasteiger partial charge is 0.391 e. The molecule has 5 nitrogen and oxygen atoms in total. The summed E-state index contributed by atoms with van der Waals surface area (Å²) in [6.07, 6.45) is 3.86. The Morgan fingerprint density at radius 3 is 2.62 bits per heavy atom. The molecule has 1 fully saturated rings. The van der Waals surface area contributed by atoms with Crippen LogP contribution < -0.4 is 0 Å². The number of β-amino-alcohol motifs (C(OH)–C–C–N with tert-alkyl or cyclic N) is 1. The molecule has 32 heavy (non-hydrogen) atoms. The van der Waals surface area contributed by atoms with Crippen molar-refractivity contribution in [1.29, 1.82) is 0 Å². The molecule has 2 aromatic carbocycles. The van der Waals surface area contributed by atoms with Crippen molar-refractivity contribution < 1.29 is 14.3 Å². The van der Waals surface area contributed by atoms with Crippen LogP contribution in [0, 0.1) is 5.82 Å². The van der Waals surface area contributed by atoms with Crippen molar-refractivity contribution in [2.45, 2.75) is 29.2 Å². The molecule has 1 saturated heterocycles. The van der Waals surface area contributed by atoms with Gasteiger partial charge >= 0.3 is 0 Å². The SMILES string of the molecule is O=C(c1ccc(SCc2cn3ccccc3n2)cc1)N1C[C@H](O)C[C@@H]1c1ccc(F)cc1. The molecule has 4 aromatic rings. The summed E-state index contributed by atoms with van der Waals surface area (Å²) >= 11 is 1.66. The maximum absolute atomic E-state index is 13.3. The number of carbonyl (C=O) groups is 1. The van der Waals surface area contributed by atoms with Gasteiger partial charge in [-0.2, -0.15) is 0 Å². The van der Waals surface area contributed by atoms with Crippen molar-refractivity contribution in [3.05, 3.63) is 102 Å². The van der Waals surface area contributed by atoms with Crippen molar-refractivity contribution in [2.24, 2.45) is 0 Å². The third kappa shape index (κ3) is 4.26. The lowest BCUT2D eigenvalue weighted by atomic mass is 10.0. The van der Waals surface area contributed by atoms with Gasteiger partial charge in [-0.15, -0.1) is 11.8 Å². The summed E-state index contributed by atoms with van der Waals surface area (Å²) in [5.74, 6) is 0.287. The number of hydrogen-bond acceptors (Lipinski definition) is 4. The minimum atomic E-state index is -0.589. The number of benzene rings is 2. The van der Waals surface area contributed by atoms with E-state index < -0.39 is 6.10 Å². The standard InChI is InChI=1S/C25H22FN3O2S/c26-19-8-4-17(5-9-19)23-13-21(30)15-29(23)25(31)18-6-10-22(11-7-18)32-16-20-14-28-12-2-1-3-24(28)27-20/h1-12,14,21,23,30H,13,15-16H2/t21-,23-/m1/s1. The summed E-state index contributed by atoms with van der Waals surface area (Å²) in [5, 5.41) is 10.2. The van der Waals surface area contributed by atoms with Crippen molar-refractivity contribution in [2.75, 3.05) is 6.54 Å². The molecule has 0 spiro atoms. The van der Waals surface area contributed by atoms with Gasteiger partial charge in [-0.1, -0.05) is 18.2 Å². The molecule has 0 aliphatic carbocycles. The lowest BCUT2D eigenvalue weighted by Crippen LogP contribution is -2.31. The van der Waals surface area contributed by atoms with Crippen molar-refractivity contribution in [3.8, 4) is 0 Å². The molecular formula is C25H22FN3O2S. The number of imidazole rings is 1. The Hall–Kier alpha value is -3.16. The van der Waals surface area contributed by atoms with E-state index in [0.29, 0.717) is 12.0 Å². The minimum absolute atomic E-state index is 0.132. The quantitative estimate of drug-likeness (QED) is 0.450. The molecule has 2 aromatic heterocycles. The van der Waals surface area contributed by atoms with Gasteiger partial charge in [-0.3, -0.25) is 4.79 Å². The molecule has 0 saturated carbocycles. The molecule has 1 amide bonds. The summed E-state index contributed by atoms with van der Waals surface area (Å²) in [6, 6.07) is 19.3. The first-order chi connectivity index (χ1) is 15.6. The molecule has 0 radical (unpaired) electrons. The average molecular weight is 448 g/mol. The second kappa shape index (κ2) is 8.76. The molecule has 5 rings (SSSR count). The lowest BCUT2D eigenvalue weighted by molar-refractivity contribution is 0.0715. The monoisotopic (exact) mass is 447 g/mol. The number of likely N-dealkylation sites (tertiary alicyclic amines) is 1. The lowest BCUT2D eigenvalue weighted by Gasteiger charge is -2.25. The number of nitrogens with zero attached hydrogens (tertiary/aromatic N) is 3. The number of aromatic nitrogens is 2. The number of aliphatic hydroxyl groups excluding tert-OH is 1. The van der Waals surface area contributed by atoms with E-state index in [2.05, 4.69) is 4.98 Å². The Kier molecular flexibility index (Phi) is 5.68. The van der Waals surface area contributed by atoms with Gasteiger partial charge in [0.2, 0.25) is 0 Å². The first-order valence-corrected chi connectivity index (χ1v) is 11.5. The fourth-order valence-electron chi connectivity index (χ4n) is 4.11. The highest BCUT2D eigenvalue weighted by Gasteiger charge is 2.35. The van der Waals surface area contributed by atoms with Gasteiger partial charge in [0.05, 0.1) is 17.8 Å². The van der Waals surface area contributed by atoms with Crippen molar-refractivity contribution in [1.82, 2.24) is 14.3 Å². The number of rotatable bonds is 5. The van der Waals surface area contributed by atoms with Crippen LogP contribution in [0.1, 0.15) is 34.1 Å². The van der Waals surface area contributed by atoms with Crippen molar-refractivity contribution >= 4 is 23.3 Å². The normalized spacial score (nSPS) is 18.4. The highest BCUT2D eigenvalue weighted by Crippen LogP contribution is 2.34. The van der Waals surface area contributed by atoms with Gasteiger partial charge in [0.25, 0.3) is 5.91 Å². The topological polar surface area (TPSA) is 57.8 Å². The number of thioether (sulfide) groups is 1. The number of pyridine rings is 1. The van der Waals surface area contributed by atoms with Gasteiger partial charge in [0, 0.05) is 35.2 Å². The van der Waals surface area contributed by atoms with E-state index in [1.165, 1.54) is 12.1 Å². The summed E-state index contributed by atoms with van der Waals surface area (Å²) in [4.78, 5) is 20.5. The molecule has 3 heterocycles. The zero-order chi connectivity index (χ0) is 22.1. The van der Waals surface area contributed by atoms with E-state index in [1.54, 1.807) is 28.8 Å².